The Morgan fingerprint density at radius 1 is 1.16 bits per heavy atom. The number of nitrogens with zero attached hydrogens (tertiary/aromatic N) is 1. The number of aromatic amines is 1. The quantitative estimate of drug-likeness (QED) is 0.837. The Hall–Kier alpha value is -1.68. The van der Waals surface area contributed by atoms with Gasteiger partial charge in [-0.05, 0) is 11.0 Å². The molecular weight excluding hydrogens is 256 g/mol. The molecule has 2 rings (SSSR count). The van der Waals surface area contributed by atoms with Crippen LogP contribution in [0.15, 0.2) is 30.6 Å². The van der Waals surface area contributed by atoms with Gasteiger partial charge in [-0.15, -0.1) is 0 Å². The van der Waals surface area contributed by atoms with E-state index in [1.165, 1.54) is 5.56 Å². The summed E-state index contributed by atoms with van der Waals surface area (Å²) < 4.78 is 5.80. The average Bonchev–Trinajstić information content (AvgIpc) is 2.37. The Morgan fingerprint density at radius 2 is 1.79 bits per heavy atom. The summed E-state index contributed by atoms with van der Waals surface area (Å²) in [6, 6.07) is 8.41. The van der Waals surface area contributed by atoms with Crippen LogP contribution in [0.2, 0.25) is 0 Å². The largest absolute Gasteiger partial charge is 0.491 e. The molecule has 0 unspecified atom stereocenters. The van der Waals surface area contributed by atoms with Gasteiger partial charge >= 0.3 is 0 Å². The summed E-state index contributed by atoms with van der Waals surface area (Å²) in [6.07, 6.45) is 1.60. The van der Waals surface area contributed by atoms with E-state index in [-0.39, 0.29) is 5.41 Å². The number of nitrogens with one attached hydrogen (secondary N) is 1. The second-order valence-corrected chi connectivity index (χ2v) is 5.83. The molecule has 0 aliphatic carbocycles. The molecular formula is C15H18N2OS. The molecule has 0 saturated heterocycles. The Bertz CT molecular complexity index is 624. The number of hydrogen-bond donors (Lipinski definition) is 1. The smallest absolute Gasteiger partial charge is 0.179 e. The van der Waals surface area contributed by atoms with Crippen LogP contribution in [0, 0.1) is 4.64 Å². The second kappa shape index (κ2) is 5.13. The van der Waals surface area contributed by atoms with Crippen LogP contribution in [0.3, 0.4) is 0 Å². The predicted octanol–water partition coefficient (Wildman–Crippen LogP) is 4.11. The molecule has 0 fully saturated rings. The summed E-state index contributed by atoms with van der Waals surface area (Å²) in [6.45, 7) is 6.59. The van der Waals surface area contributed by atoms with Gasteiger partial charge < -0.3 is 9.72 Å². The molecule has 0 saturated carbocycles. The maximum atomic E-state index is 5.33. The van der Waals surface area contributed by atoms with Gasteiger partial charge in [-0.2, -0.15) is 0 Å². The van der Waals surface area contributed by atoms with Crippen LogP contribution in [-0.2, 0) is 5.41 Å². The molecule has 2 aromatic rings. The number of benzene rings is 1. The highest BCUT2D eigenvalue weighted by atomic mass is 32.1. The van der Waals surface area contributed by atoms with Crippen LogP contribution >= 0.6 is 12.2 Å². The van der Waals surface area contributed by atoms with Crippen LogP contribution in [0.25, 0.3) is 11.3 Å². The molecule has 1 aromatic heterocycles. The Balaban J connectivity index is 2.49. The highest BCUT2D eigenvalue weighted by Crippen LogP contribution is 2.30. The third-order valence-electron chi connectivity index (χ3n) is 3.06. The van der Waals surface area contributed by atoms with Crippen molar-refractivity contribution in [1.29, 1.82) is 0 Å². The number of ether oxygens (including phenoxy) is 1. The highest BCUT2D eigenvalue weighted by molar-refractivity contribution is 7.71. The number of methoxy groups -OCH3 is 1. The van der Waals surface area contributed by atoms with Gasteiger partial charge in [-0.1, -0.05) is 57.3 Å². The first-order valence-electron chi connectivity index (χ1n) is 6.16. The molecule has 1 aromatic carbocycles. The minimum absolute atomic E-state index is 0.147. The van der Waals surface area contributed by atoms with Crippen molar-refractivity contribution >= 4 is 12.2 Å². The molecule has 19 heavy (non-hydrogen) atoms. The zero-order valence-corrected chi connectivity index (χ0v) is 12.5. The lowest BCUT2D eigenvalue weighted by atomic mass is 9.86. The van der Waals surface area contributed by atoms with Gasteiger partial charge in [0.2, 0.25) is 0 Å². The minimum atomic E-state index is 0.147. The third kappa shape index (κ3) is 2.84. The van der Waals surface area contributed by atoms with Crippen LogP contribution in [-0.4, -0.2) is 17.1 Å². The van der Waals surface area contributed by atoms with Crippen LogP contribution in [0.5, 0.6) is 5.75 Å². The second-order valence-electron chi connectivity index (χ2n) is 5.44. The van der Waals surface area contributed by atoms with Gasteiger partial charge in [0.05, 0.1) is 19.1 Å². The van der Waals surface area contributed by atoms with Crippen molar-refractivity contribution in [2.75, 3.05) is 7.11 Å². The van der Waals surface area contributed by atoms with Crippen LogP contribution in [0.1, 0.15) is 26.3 Å². The summed E-state index contributed by atoms with van der Waals surface area (Å²) in [5.74, 6) is 0.612. The molecule has 1 heterocycles. The molecule has 0 radical (unpaired) electrons. The summed E-state index contributed by atoms with van der Waals surface area (Å²) in [4.78, 5) is 7.13. The fourth-order valence-electron chi connectivity index (χ4n) is 1.93. The Morgan fingerprint density at radius 3 is 2.32 bits per heavy atom. The maximum absolute atomic E-state index is 5.33. The molecule has 0 aliphatic heterocycles. The van der Waals surface area contributed by atoms with Crippen molar-refractivity contribution in [2.24, 2.45) is 0 Å². The number of aromatic nitrogens is 2. The molecule has 4 heteroatoms. The summed E-state index contributed by atoms with van der Waals surface area (Å²) in [7, 11) is 1.60. The van der Waals surface area contributed by atoms with Crippen molar-refractivity contribution in [1.82, 2.24) is 9.97 Å². The molecule has 3 nitrogen and oxygen atoms in total. The van der Waals surface area contributed by atoms with E-state index in [2.05, 4.69) is 55.0 Å². The molecule has 0 amide bonds. The van der Waals surface area contributed by atoms with Crippen molar-refractivity contribution in [3.8, 4) is 17.0 Å². The SMILES string of the molecule is COc1c(-c2ccc(C(C)(C)C)cc2)[nH]cnc1=S. The van der Waals surface area contributed by atoms with Gasteiger partial charge in [0.25, 0.3) is 0 Å². The lowest BCUT2D eigenvalue weighted by molar-refractivity contribution is 0.411. The fourth-order valence-corrected chi connectivity index (χ4v) is 2.17. The van der Waals surface area contributed by atoms with Crippen LogP contribution in [0.4, 0.5) is 0 Å². The average molecular weight is 274 g/mol. The van der Waals surface area contributed by atoms with Gasteiger partial charge in [-0.3, -0.25) is 0 Å². The van der Waals surface area contributed by atoms with E-state index < -0.39 is 0 Å². The summed E-state index contributed by atoms with van der Waals surface area (Å²) in [5.41, 5.74) is 3.34. The first kappa shape index (κ1) is 13.7. The first-order chi connectivity index (χ1) is 8.93. The van der Waals surface area contributed by atoms with E-state index >= 15 is 0 Å². The lowest BCUT2D eigenvalue weighted by Gasteiger charge is -2.19. The van der Waals surface area contributed by atoms with Crippen molar-refractivity contribution in [2.45, 2.75) is 26.2 Å². The molecule has 0 spiro atoms. The molecule has 1 N–H and O–H groups in total. The number of rotatable bonds is 2. The maximum Gasteiger partial charge on any atom is 0.179 e. The predicted molar refractivity (Wildman–Crippen MR) is 80.1 cm³/mol. The molecule has 0 aliphatic rings. The van der Waals surface area contributed by atoms with E-state index in [9.17, 15) is 0 Å². The first-order valence-corrected chi connectivity index (χ1v) is 6.57. The van der Waals surface area contributed by atoms with E-state index in [0.29, 0.717) is 10.4 Å². The van der Waals surface area contributed by atoms with Crippen molar-refractivity contribution < 1.29 is 4.74 Å². The molecule has 0 atom stereocenters. The Kier molecular flexibility index (Phi) is 3.71. The summed E-state index contributed by atoms with van der Waals surface area (Å²) >= 11 is 5.17. The fraction of sp³-hybridized carbons (Fsp3) is 0.333. The third-order valence-corrected chi connectivity index (χ3v) is 3.35. The summed E-state index contributed by atoms with van der Waals surface area (Å²) in [5, 5.41) is 0. The standard InChI is InChI=1S/C15H18N2OS/c1-15(2,3)11-7-5-10(6-8-11)12-13(18-4)14(19)17-9-16-12/h5-9H,1-4H3,(H,16,17,19). The van der Waals surface area contributed by atoms with Gasteiger partial charge in [0.1, 0.15) is 0 Å². The van der Waals surface area contributed by atoms with Crippen molar-refractivity contribution in [3.05, 3.63) is 40.8 Å². The van der Waals surface area contributed by atoms with E-state index in [1.807, 2.05) is 0 Å². The van der Waals surface area contributed by atoms with E-state index in [4.69, 9.17) is 17.0 Å². The van der Waals surface area contributed by atoms with Crippen molar-refractivity contribution in [3.63, 3.8) is 0 Å². The monoisotopic (exact) mass is 274 g/mol. The number of H-pyrrole nitrogens is 1. The van der Waals surface area contributed by atoms with Crippen LogP contribution < -0.4 is 4.74 Å². The zero-order valence-electron chi connectivity index (χ0n) is 11.7. The normalized spacial score (nSPS) is 11.4. The van der Waals surface area contributed by atoms with Gasteiger partial charge in [0, 0.05) is 5.56 Å². The minimum Gasteiger partial charge on any atom is -0.491 e. The highest BCUT2D eigenvalue weighted by Gasteiger charge is 2.14. The van der Waals surface area contributed by atoms with E-state index in [0.717, 1.165) is 11.3 Å². The van der Waals surface area contributed by atoms with Gasteiger partial charge in [-0.25, -0.2) is 4.98 Å². The van der Waals surface area contributed by atoms with Gasteiger partial charge in [0.15, 0.2) is 10.4 Å². The lowest BCUT2D eigenvalue weighted by Crippen LogP contribution is -2.10. The molecule has 0 bridgehead atoms. The van der Waals surface area contributed by atoms with E-state index in [1.54, 1.807) is 13.4 Å². The topological polar surface area (TPSA) is 37.9 Å². The number of hydrogen-bond acceptors (Lipinski definition) is 3. The Labute approximate surface area is 118 Å². The molecule has 100 valence electrons. The zero-order chi connectivity index (χ0) is 14.0.